The average Bonchev–Trinajstić information content (AvgIpc) is 2.49. The lowest BCUT2D eigenvalue weighted by Crippen LogP contribution is -2.37. The van der Waals surface area contributed by atoms with Crippen LogP contribution in [0.3, 0.4) is 0 Å². The molecule has 23 heavy (non-hydrogen) atoms. The van der Waals surface area contributed by atoms with Crippen LogP contribution in [0.5, 0.6) is 0 Å². The second kappa shape index (κ2) is 7.58. The van der Waals surface area contributed by atoms with E-state index in [9.17, 15) is 9.59 Å². The highest BCUT2D eigenvalue weighted by Crippen LogP contribution is 2.11. The summed E-state index contributed by atoms with van der Waals surface area (Å²) in [6, 6.07) is 11.5. The number of anilines is 1. The van der Waals surface area contributed by atoms with Gasteiger partial charge in [0.2, 0.25) is 5.91 Å². The first-order valence-corrected chi connectivity index (χ1v) is 7.57. The van der Waals surface area contributed by atoms with Gasteiger partial charge in [-0.1, -0.05) is 30.3 Å². The number of carbonyl (C=O) groups excluding carboxylic acids is 1. The van der Waals surface area contributed by atoms with E-state index < -0.39 is 0 Å². The molecule has 1 N–H and O–H groups in total. The first kappa shape index (κ1) is 16.7. The molecule has 122 valence electrons. The third kappa shape index (κ3) is 4.95. The minimum Gasteiger partial charge on any atom is -0.369 e. The van der Waals surface area contributed by atoms with Gasteiger partial charge < -0.3 is 10.2 Å². The zero-order valence-corrected chi connectivity index (χ0v) is 13.7. The molecule has 0 atom stereocenters. The lowest BCUT2D eigenvalue weighted by Gasteiger charge is -2.19. The largest absolute Gasteiger partial charge is 0.369 e. The fourth-order valence-corrected chi connectivity index (χ4v) is 2.20. The van der Waals surface area contributed by atoms with Crippen molar-refractivity contribution in [3.63, 3.8) is 0 Å². The number of aromatic nitrogens is 2. The van der Waals surface area contributed by atoms with Gasteiger partial charge in [-0.05, 0) is 19.4 Å². The molecule has 0 saturated heterocycles. The van der Waals surface area contributed by atoms with Crippen molar-refractivity contribution in [1.82, 2.24) is 15.1 Å². The first-order valence-electron chi connectivity index (χ1n) is 7.57. The maximum Gasteiger partial charge on any atom is 0.269 e. The summed E-state index contributed by atoms with van der Waals surface area (Å²) in [7, 11) is 1.90. The molecule has 2 rings (SSSR count). The van der Waals surface area contributed by atoms with Crippen LogP contribution in [0.2, 0.25) is 0 Å². The Morgan fingerprint density at radius 3 is 2.61 bits per heavy atom. The number of hydrogen-bond acceptors (Lipinski definition) is 4. The molecule has 0 aliphatic heterocycles. The van der Waals surface area contributed by atoms with E-state index in [0.717, 1.165) is 15.9 Å². The highest BCUT2D eigenvalue weighted by molar-refractivity contribution is 5.75. The van der Waals surface area contributed by atoms with Gasteiger partial charge in [0.15, 0.2) is 0 Å². The van der Waals surface area contributed by atoms with Gasteiger partial charge in [-0.2, -0.15) is 5.10 Å². The van der Waals surface area contributed by atoms with E-state index in [1.165, 1.54) is 6.07 Å². The molecule has 1 amide bonds. The van der Waals surface area contributed by atoms with E-state index >= 15 is 0 Å². The van der Waals surface area contributed by atoms with E-state index in [1.54, 1.807) is 6.20 Å². The van der Waals surface area contributed by atoms with Crippen LogP contribution in [-0.4, -0.2) is 28.8 Å². The number of hydrogen-bond donors (Lipinski definition) is 1. The molecule has 0 bridgehead atoms. The Bertz CT molecular complexity index is 710. The summed E-state index contributed by atoms with van der Waals surface area (Å²) in [5, 5.41) is 6.83. The second-order valence-electron chi connectivity index (χ2n) is 5.77. The van der Waals surface area contributed by atoms with Crippen LogP contribution in [-0.2, 0) is 17.9 Å². The summed E-state index contributed by atoms with van der Waals surface area (Å²) in [6.07, 6.45) is 1.60. The molecule has 2 aromatic rings. The Labute approximate surface area is 135 Å². The van der Waals surface area contributed by atoms with Crippen LogP contribution >= 0.6 is 0 Å². The molecule has 0 saturated carbocycles. The quantitative estimate of drug-likeness (QED) is 0.875. The molecule has 1 heterocycles. The van der Waals surface area contributed by atoms with Gasteiger partial charge in [-0.15, -0.1) is 0 Å². The fraction of sp³-hybridized carbons (Fsp3) is 0.353. The summed E-state index contributed by atoms with van der Waals surface area (Å²) in [4.78, 5) is 25.8. The van der Waals surface area contributed by atoms with Crippen LogP contribution in [0.25, 0.3) is 0 Å². The van der Waals surface area contributed by atoms with Crippen molar-refractivity contribution in [3.8, 4) is 0 Å². The van der Waals surface area contributed by atoms with Crippen LogP contribution in [0.15, 0.2) is 47.4 Å². The van der Waals surface area contributed by atoms with Crippen molar-refractivity contribution in [3.05, 3.63) is 58.5 Å². The van der Waals surface area contributed by atoms with Gasteiger partial charge in [0.1, 0.15) is 6.54 Å². The normalized spacial score (nSPS) is 10.6. The van der Waals surface area contributed by atoms with Crippen molar-refractivity contribution in [2.24, 2.45) is 0 Å². The molecular weight excluding hydrogens is 292 g/mol. The van der Waals surface area contributed by atoms with E-state index in [1.807, 2.05) is 56.1 Å². The van der Waals surface area contributed by atoms with Crippen molar-refractivity contribution in [2.75, 3.05) is 11.9 Å². The number of rotatable bonds is 6. The third-order valence-electron chi connectivity index (χ3n) is 3.30. The van der Waals surface area contributed by atoms with Crippen molar-refractivity contribution in [1.29, 1.82) is 0 Å². The Kier molecular flexibility index (Phi) is 5.51. The van der Waals surface area contributed by atoms with E-state index in [-0.39, 0.29) is 24.1 Å². The molecule has 0 radical (unpaired) electrons. The zero-order valence-electron chi connectivity index (χ0n) is 13.7. The lowest BCUT2D eigenvalue weighted by atomic mass is 10.2. The molecule has 1 aromatic carbocycles. The van der Waals surface area contributed by atoms with Gasteiger partial charge in [-0.3, -0.25) is 9.59 Å². The molecule has 0 fully saturated rings. The van der Waals surface area contributed by atoms with Gasteiger partial charge in [-0.25, -0.2) is 4.68 Å². The van der Waals surface area contributed by atoms with E-state index in [0.29, 0.717) is 6.54 Å². The molecule has 0 spiro atoms. The average molecular weight is 314 g/mol. The molecule has 0 unspecified atom stereocenters. The molecule has 6 heteroatoms. The Hall–Kier alpha value is -2.63. The smallest absolute Gasteiger partial charge is 0.269 e. The first-order chi connectivity index (χ1) is 11.0. The Balaban J connectivity index is 2.06. The predicted octanol–water partition coefficient (Wildman–Crippen LogP) is 1.40. The SMILES string of the molecule is CC(C)NC(=O)Cn1ncc(N(C)Cc2ccccc2)cc1=O. The number of benzene rings is 1. The number of nitrogens with zero attached hydrogens (tertiary/aromatic N) is 3. The number of carbonyl (C=O) groups is 1. The fourth-order valence-electron chi connectivity index (χ4n) is 2.20. The maximum atomic E-state index is 12.1. The van der Waals surface area contributed by atoms with Crippen LogP contribution < -0.4 is 15.8 Å². The van der Waals surface area contributed by atoms with Crippen molar-refractivity contribution < 1.29 is 4.79 Å². The van der Waals surface area contributed by atoms with Crippen LogP contribution in [0.1, 0.15) is 19.4 Å². The molecule has 0 aliphatic carbocycles. The highest BCUT2D eigenvalue weighted by atomic mass is 16.2. The predicted molar refractivity (Wildman–Crippen MR) is 90.3 cm³/mol. The van der Waals surface area contributed by atoms with Crippen LogP contribution in [0.4, 0.5) is 5.69 Å². The summed E-state index contributed by atoms with van der Waals surface area (Å²) in [5.74, 6) is -0.222. The van der Waals surface area contributed by atoms with Gasteiger partial charge in [0, 0.05) is 25.7 Å². The Morgan fingerprint density at radius 2 is 2.00 bits per heavy atom. The Morgan fingerprint density at radius 1 is 1.30 bits per heavy atom. The molecule has 6 nitrogen and oxygen atoms in total. The van der Waals surface area contributed by atoms with Crippen LogP contribution in [0, 0.1) is 0 Å². The number of amides is 1. The summed E-state index contributed by atoms with van der Waals surface area (Å²) in [5.41, 5.74) is 1.58. The summed E-state index contributed by atoms with van der Waals surface area (Å²) < 4.78 is 1.16. The summed E-state index contributed by atoms with van der Waals surface area (Å²) >= 11 is 0. The minimum atomic E-state index is -0.290. The van der Waals surface area contributed by atoms with Gasteiger partial charge in [0.05, 0.1) is 11.9 Å². The maximum absolute atomic E-state index is 12.1. The highest BCUT2D eigenvalue weighted by Gasteiger charge is 2.09. The van der Waals surface area contributed by atoms with E-state index in [4.69, 9.17) is 0 Å². The standard InChI is InChI=1S/C17H22N4O2/c1-13(2)19-16(22)12-21-17(23)9-15(10-18-21)20(3)11-14-7-5-4-6-8-14/h4-10,13H,11-12H2,1-3H3,(H,19,22). The third-order valence-corrected chi connectivity index (χ3v) is 3.30. The van der Waals surface area contributed by atoms with E-state index in [2.05, 4.69) is 10.4 Å². The molecule has 0 aliphatic rings. The molecular formula is C17H22N4O2. The zero-order chi connectivity index (χ0) is 16.8. The van der Waals surface area contributed by atoms with Gasteiger partial charge >= 0.3 is 0 Å². The van der Waals surface area contributed by atoms with Gasteiger partial charge in [0.25, 0.3) is 5.56 Å². The minimum absolute atomic E-state index is 0.0366. The van der Waals surface area contributed by atoms with Crippen molar-refractivity contribution >= 4 is 11.6 Å². The second-order valence-corrected chi connectivity index (χ2v) is 5.77. The number of nitrogens with one attached hydrogen (secondary N) is 1. The van der Waals surface area contributed by atoms with Crippen molar-refractivity contribution in [2.45, 2.75) is 33.0 Å². The lowest BCUT2D eigenvalue weighted by molar-refractivity contribution is -0.122. The monoisotopic (exact) mass is 314 g/mol. The topological polar surface area (TPSA) is 67.2 Å². The molecule has 1 aromatic heterocycles. The summed E-state index contributed by atoms with van der Waals surface area (Å²) in [6.45, 7) is 4.35.